The molecule has 0 aromatic heterocycles. The van der Waals surface area contributed by atoms with Gasteiger partial charge < -0.3 is 10.0 Å². The maximum absolute atomic E-state index is 13.9. The number of carbonyl (C=O) groups excluding carboxylic acids is 1. The zero-order valence-corrected chi connectivity index (χ0v) is 16.1. The molecule has 4 nitrogen and oxygen atoms in total. The molecule has 6 rings (SSSR count). The smallest absolute Gasteiger partial charge is 0.223 e. The number of nitriles is 1. The summed E-state index contributed by atoms with van der Waals surface area (Å²) in [5.41, 5.74) is 0.828. The number of nitrogens with zero attached hydrogens (tertiary/aromatic N) is 2. The molecule has 4 saturated carbocycles. The van der Waals surface area contributed by atoms with Gasteiger partial charge in [-0.3, -0.25) is 4.79 Å². The number of benzene rings is 1. The Hall–Kier alpha value is -1.93. The zero-order valence-electron chi connectivity index (χ0n) is 16.1. The molecule has 1 aromatic rings. The first-order valence-corrected chi connectivity index (χ1v) is 10.6. The summed E-state index contributed by atoms with van der Waals surface area (Å²) in [4.78, 5) is 14.9. The van der Waals surface area contributed by atoms with E-state index in [1.54, 1.807) is 12.1 Å². The van der Waals surface area contributed by atoms with Gasteiger partial charge in [0.25, 0.3) is 0 Å². The van der Waals surface area contributed by atoms with E-state index in [9.17, 15) is 14.3 Å². The van der Waals surface area contributed by atoms with Crippen molar-refractivity contribution in [1.82, 2.24) is 4.90 Å². The topological polar surface area (TPSA) is 64.3 Å². The van der Waals surface area contributed by atoms with Crippen LogP contribution in [0.1, 0.15) is 37.7 Å². The highest BCUT2D eigenvalue weighted by atomic mass is 19.1. The molecule has 5 fully saturated rings. The van der Waals surface area contributed by atoms with Crippen LogP contribution in [0.5, 0.6) is 0 Å². The molecule has 5 aliphatic rings. The highest BCUT2D eigenvalue weighted by Gasteiger charge is 2.60. The van der Waals surface area contributed by atoms with Crippen LogP contribution in [0.15, 0.2) is 24.3 Å². The van der Waals surface area contributed by atoms with Crippen molar-refractivity contribution in [3.05, 3.63) is 35.6 Å². The molecule has 4 bridgehead atoms. The van der Waals surface area contributed by atoms with Gasteiger partial charge in [-0.25, -0.2) is 4.39 Å². The maximum atomic E-state index is 13.9. The van der Waals surface area contributed by atoms with E-state index in [1.807, 2.05) is 11.0 Å². The third-order valence-electron chi connectivity index (χ3n) is 8.26. The molecule has 28 heavy (non-hydrogen) atoms. The fourth-order valence-corrected chi connectivity index (χ4v) is 6.89. The Morgan fingerprint density at radius 3 is 2.43 bits per heavy atom. The number of aliphatic hydroxyl groups is 1. The Labute approximate surface area is 165 Å². The molecule has 0 unspecified atom stereocenters. The van der Waals surface area contributed by atoms with Crippen LogP contribution in [0.3, 0.4) is 0 Å². The van der Waals surface area contributed by atoms with Crippen molar-refractivity contribution in [2.24, 2.45) is 35.0 Å². The lowest BCUT2D eigenvalue weighted by molar-refractivity contribution is -0.177. The second kappa shape index (κ2) is 6.56. The molecule has 1 amide bonds. The van der Waals surface area contributed by atoms with Crippen LogP contribution < -0.4 is 0 Å². The highest BCUT2D eigenvalue weighted by Crippen LogP contribution is 2.64. The summed E-state index contributed by atoms with van der Waals surface area (Å²) in [5, 5.41) is 19.6. The fourth-order valence-electron chi connectivity index (χ4n) is 6.89. The quantitative estimate of drug-likeness (QED) is 0.870. The van der Waals surface area contributed by atoms with Crippen molar-refractivity contribution in [2.45, 2.75) is 44.6 Å². The average molecular weight is 382 g/mol. The minimum atomic E-state index is -0.224. The van der Waals surface area contributed by atoms with Gasteiger partial charge in [0, 0.05) is 19.5 Å². The molecule has 1 aliphatic heterocycles. The van der Waals surface area contributed by atoms with Gasteiger partial charge in [0.1, 0.15) is 5.82 Å². The predicted molar refractivity (Wildman–Crippen MR) is 101 cm³/mol. The molecular formula is C23H27FN2O2. The molecule has 5 heteroatoms. The van der Waals surface area contributed by atoms with Crippen molar-refractivity contribution in [1.29, 1.82) is 5.26 Å². The molecule has 1 saturated heterocycles. The van der Waals surface area contributed by atoms with Gasteiger partial charge >= 0.3 is 0 Å². The largest absolute Gasteiger partial charge is 0.393 e. The SMILES string of the molecule is N#CC1CN(C(=O)CC2(Cc3cccc(F)c3)C3CC4CC2CC(C3)C4O)C1. The first kappa shape index (κ1) is 18.1. The molecule has 1 heterocycles. The van der Waals surface area contributed by atoms with Crippen molar-refractivity contribution in [2.75, 3.05) is 13.1 Å². The Morgan fingerprint density at radius 1 is 1.21 bits per heavy atom. The number of hydrogen-bond donors (Lipinski definition) is 1. The van der Waals surface area contributed by atoms with Crippen molar-refractivity contribution >= 4 is 5.91 Å². The number of amides is 1. The van der Waals surface area contributed by atoms with E-state index < -0.39 is 0 Å². The van der Waals surface area contributed by atoms with Crippen LogP contribution in [-0.2, 0) is 11.2 Å². The predicted octanol–water partition coefficient (Wildman–Crippen LogP) is 3.15. The van der Waals surface area contributed by atoms with E-state index in [2.05, 4.69) is 6.07 Å². The van der Waals surface area contributed by atoms with Crippen LogP contribution in [0, 0.1) is 52.2 Å². The number of carbonyl (C=O) groups is 1. The summed E-state index contributed by atoms with van der Waals surface area (Å²) in [5.74, 6) is 1.46. The summed E-state index contributed by atoms with van der Waals surface area (Å²) in [6.45, 7) is 1.09. The molecule has 0 radical (unpaired) electrons. The highest BCUT2D eigenvalue weighted by molar-refractivity contribution is 5.78. The van der Waals surface area contributed by atoms with Crippen LogP contribution in [0.2, 0.25) is 0 Å². The van der Waals surface area contributed by atoms with Crippen LogP contribution in [-0.4, -0.2) is 35.1 Å². The van der Waals surface area contributed by atoms with Crippen LogP contribution in [0.4, 0.5) is 4.39 Å². The summed E-state index contributed by atoms with van der Waals surface area (Å²) in [6, 6.07) is 9.05. The van der Waals surface area contributed by atoms with E-state index in [0.29, 0.717) is 43.2 Å². The van der Waals surface area contributed by atoms with Gasteiger partial charge in [-0.2, -0.15) is 5.26 Å². The lowest BCUT2D eigenvalue weighted by Gasteiger charge is -2.63. The standard InChI is InChI=1S/C23H27FN2O2/c24-20-3-1-2-14(4-20)9-23(10-21(27)26-12-15(11-25)13-26)18-5-16-6-19(23)8-17(7-18)22(16)28/h1-4,15-19,22,28H,5-10,12-13H2. The molecule has 0 spiro atoms. The lowest BCUT2D eigenvalue weighted by atomic mass is 9.42. The monoisotopic (exact) mass is 382 g/mol. The third-order valence-corrected chi connectivity index (χ3v) is 8.26. The van der Waals surface area contributed by atoms with E-state index in [0.717, 1.165) is 37.7 Å². The van der Waals surface area contributed by atoms with E-state index >= 15 is 0 Å². The number of rotatable bonds is 4. The first-order chi connectivity index (χ1) is 13.5. The Morgan fingerprint density at radius 2 is 1.86 bits per heavy atom. The van der Waals surface area contributed by atoms with Crippen molar-refractivity contribution in [3.63, 3.8) is 0 Å². The first-order valence-electron chi connectivity index (χ1n) is 10.6. The van der Waals surface area contributed by atoms with Gasteiger partial charge in [-0.1, -0.05) is 12.1 Å². The number of likely N-dealkylation sites (tertiary alicyclic amines) is 1. The zero-order chi connectivity index (χ0) is 19.5. The fraction of sp³-hybridized carbons (Fsp3) is 0.652. The van der Waals surface area contributed by atoms with Crippen LogP contribution in [0.25, 0.3) is 0 Å². The van der Waals surface area contributed by atoms with Gasteiger partial charge in [-0.15, -0.1) is 0 Å². The van der Waals surface area contributed by atoms with Gasteiger partial charge in [-0.05, 0) is 78.9 Å². The summed E-state index contributed by atoms with van der Waals surface area (Å²) < 4.78 is 13.9. The normalized spacial score (nSPS) is 38.9. The Kier molecular flexibility index (Phi) is 4.24. The van der Waals surface area contributed by atoms with E-state index in [-0.39, 0.29) is 29.2 Å². The van der Waals surface area contributed by atoms with E-state index in [1.165, 1.54) is 6.07 Å². The number of aliphatic hydroxyl groups excluding tert-OH is 1. The molecule has 1 N–H and O–H groups in total. The van der Waals surface area contributed by atoms with E-state index in [4.69, 9.17) is 5.26 Å². The lowest BCUT2D eigenvalue weighted by Crippen LogP contribution is -2.60. The van der Waals surface area contributed by atoms with Crippen molar-refractivity contribution < 1.29 is 14.3 Å². The minimum absolute atomic E-state index is 0.0308. The summed E-state index contributed by atoms with van der Waals surface area (Å²) in [7, 11) is 0. The van der Waals surface area contributed by atoms with Gasteiger partial charge in [0.05, 0.1) is 18.1 Å². The molecular weight excluding hydrogens is 355 g/mol. The summed E-state index contributed by atoms with van der Waals surface area (Å²) in [6.07, 6.45) is 4.98. The van der Waals surface area contributed by atoms with Crippen molar-refractivity contribution in [3.8, 4) is 6.07 Å². The van der Waals surface area contributed by atoms with Gasteiger partial charge in [0.2, 0.25) is 5.91 Å². The second-order valence-electron chi connectivity index (χ2n) is 9.69. The minimum Gasteiger partial charge on any atom is -0.393 e. The number of halogens is 1. The second-order valence-corrected chi connectivity index (χ2v) is 9.69. The number of hydrogen-bond acceptors (Lipinski definition) is 3. The summed E-state index contributed by atoms with van der Waals surface area (Å²) >= 11 is 0. The molecule has 148 valence electrons. The average Bonchev–Trinajstić information content (AvgIpc) is 2.59. The molecule has 1 aromatic carbocycles. The van der Waals surface area contributed by atoms with Crippen LogP contribution >= 0.6 is 0 Å². The molecule has 0 atom stereocenters. The maximum Gasteiger partial charge on any atom is 0.223 e. The Balaban J connectivity index is 1.44. The van der Waals surface area contributed by atoms with Gasteiger partial charge in [0.15, 0.2) is 0 Å². The Bertz CT molecular complexity index is 796. The third kappa shape index (κ3) is 2.76. The molecule has 4 aliphatic carbocycles.